The lowest BCUT2D eigenvalue weighted by Gasteiger charge is -2.18. The number of hydrogen-bond acceptors (Lipinski definition) is 4. The summed E-state index contributed by atoms with van der Waals surface area (Å²) >= 11 is 0. The van der Waals surface area contributed by atoms with E-state index in [9.17, 15) is 13.2 Å². The van der Waals surface area contributed by atoms with Crippen LogP contribution in [0.4, 0.5) is 5.69 Å². The number of hydrogen-bond donors (Lipinski definition) is 1. The van der Waals surface area contributed by atoms with Gasteiger partial charge in [-0.25, -0.2) is 8.42 Å². The third-order valence-corrected chi connectivity index (χ3v) is 6.46. The number of anilines is 1. The Kier molecular flexibility index (Phi) is 8.87. The first kappa shape index (κ1) is 23.9. The predicted molar refractivity (Wildman–Crippen MR) is 120 cm³/mol. The first-order valence-corrected chi connectivity index (χ1v) is 11.7. The second kappa shape index (κ2) is 11.1. The largest absolute Gasteiger partial charge is 0.385 e. The highest BCUT2D eigenvalue weighted by atomic mass is 32.2. The Bertz CT molecular complexity index is 940. The Labute approximate surface area is 180 Å². The smallest absolute Gasteiger partial charge is 0.262 e. The van der Waals surface area contributed by atoms with Crippen molar-refractivity contribution in [2.24, 2.45) is 0 Å². The van der Waals surface area contributed by atoms with Gasteiger partial charge in [-0.1, -0.05) is 31.5 Å². The van der Waals surface area contributed by atoms with Crippen molar-refractivity contribution in [3.63, 3.8) is 0 Å². The molecule has 0 atom stereocenters. The zero-order chi connectivity index (χ0) is 22.1. The highest BCUT2D eigenvalue weighted by Crippen LogP contribution is 2.22. The van der Waals surface area contributed by atoms with Crippen molar-refractivity contribution in [1.29, 1.82) is 0 Å². The molecule has 0 fully saturated rings. The van der Waals surface area contributed by atoms with E-state index in [1.54, 1.807) is 50.2 Å². The van der Waals surface area contributed by atoms with Crippen LogP contribution in [0, 0.1) is 6.92 Å². The molecule has 6 nitrogen and oxygen atoms in total. The minimum atomic E-state index is -3.82. The number of sulfonamides is 1. The van der Waals surface area contributed by atoms with Crippen molar-refractivity contribution < 1.29 is 17.9 Å². The molecule has 1 amide bonds. The predicted octanol–water partition coefficient (Wildman–Crippen LogP) is 4.25. The Morgan fingerprint density at radius 2 is 1.80 bits per heavy atom. The van der Waals surface area contributed by atoms with Crippen molar-refractivity contribution in [1.82, 2.24) is 4.90 Å². The van der Waals surface area contributed by atoms with Gasteiger partial charge in [0.1, 0.15) is 0 Å². The van der Waals surface area contributed by atoms with E-state index in [1.807, 2.05) is 12.1 Å². The molecule has 0 radical (unpaired) electrons. The SMILES string of the molecule is CCCCc1ccc(NS(=O)(=O)c2cc(C(=O)N(C)CCCOC)ccc2C)cc1. The molecule has 7 heteroatoms. The highest BCUT2D eigenvalue weighted by Gasteiger charge is 2.20. The monoisotopic (exact) mass is 432 g/mol. The summed E-state index contributed by atoms with van der Waals surface area (Å²) in [7, 11) is -0.503. The van der Waals surface area contributed by atoms with E-state index >= 15 is 0 Å². The van der Waals surface area contributed by atoms with E-state index in [1.165, 1.54) is 11.6 Å². The topological polar surface area (TPSA) is 75.7 Å². The van der Waals surface area contributed by atoms with Gasteiger partial charge in [0.2, 0.25) is 0 Å². The van der Waals surface area contributed by atoms with Crippen LogP contribution >= 0.6 is 0 Å². The summed E-state index contributed by atoms with van der Waals surface area (Å²) < 4.78 is 33.6. The number of amides is 1. The minimum absolute atomic E-state index is 0.105. The van der Waals surface area contributed by atoms with Gasteiger partial charge in [-0.2, -0.15) is 0 Å². The molecule has 2 rings (SSSR count). The number of unbranched alkanes of at least 4 members (excludes halogenated alkanes) is 1. The molecule has 0 aliphatic rings. The summed E-state index contributed by atoms with van der Waals surface area (Å²) in [6.07, 6.45) is 3.91. The summed E-state index contributed by atoms with van der Waals surface area (Å²) in [5.74, 6) is -0.220. The number of nitrogens with zero attached hydrogens (tertiary/aromatic N) is 1. The maximum atomic E-state index is 13.0. The van der Waals surface area contributed by atoms with Gasteiger partial charge in [-0.05, 0) is 61.6 Å². The van der Waals surface area contributed by atoms with Crippen LogP contribution in [0.5, 0.6) is 0 Å². The van der Waals surface area contributed by atoms with Gasteiger partial charge >= 0.3 is 0 Å². The molecule has 0 heterocycles. The minimum Gasteiger partial charge on any atom is -0.385 e. The number of ether oxygens (including phenoxy) is 1. The van der Waals surface area contributed by atoms with Gasteiger partial charge in [-0.15, -0.1) is 0 Å². The van der Waals surface area contributed by atoms with Crippen molar-refractivity contribution in [2.45, 2.75) is 44.4 Å². The van der Waals surface area contributed by atoms with E-state index in [0.717, 1.165) is 19.3 Å². The molecule has 0 saturated carbocycles. The van der Waals surface area contributed by atoms with Gasteiger partial charge in [0, 0.05) is 38.6 Å². The normalized spacial score (nSPS) is 11.3. The van der Waals surface area contributed by atoms with E-state index in [2.05, 4.69) is 11.6 Å². The Morgan fingerprint density at radius 3 is 2.43 bits per heavy atom. The zero-order valence-corrected chi connectivity index (χ0v) is 19.1. The van der Waals surface area contributed by atoms with Crippen molar-refractivity contribution in [3.05, 3.63) is 59.2 Å². The van der Waals surface area contributed by atoms with E-state index in [0.29, 0.717) is 36.4 Å². The standard InChI is InChI=1S/C23H32N2O4S/c1-5-6-8-19-10-13-21(14-11-19)24-30(27,28)22-17-20(12-9-18(22)2)23(26)25(3)15-7-16-29-4/h9-14,17,24H,5-8,15-16H2,1-4H3. The van der Waals surface area contributed by atoms with Crippen LogP contribution in [0.15, 0.2) is 47.4 Å². The molecule has 0 spiro atoms. The van der Waals surface area contributed by atoms with E-state index < -0.39 is 10.0 Å². The molecule has 2 aromatic rings. The summed E-state index contributed by atoms with van der Waals surface area (Å²) in [4.78, 5) is 14.4. The lowest BCUT2D eigenvalue weighted by molar-refractivity contribution is 0.0779. The van der Waals surface area contributed by atoms with Crippen LogP contribution < -0.4 is 4.72 Å². The Hall–Kier alpha value is -2.38. The number of benzene rings is 2. The Morgan fingerprint density at radius 1 is 1.10 bits per heavy atom. The number of rotatable bonds is 11. The second-order valence-electron chi connectivity index (χ2n) is 7.46. The summed E-state index contributed by atoms with van der Waals surface area (Å²) in [5.41, 5.74) is 2.61. The van der Waals surface area contributed by atoms with Crippen molar-refractivity contribution in [2.75, 3.05) is 32.0 Å². The molecule has 0 saturated heterocycles. The average Bonchev–Trinajstić information content (AvgIpc) is 2.72. The third kappa shape index (κ3) is 6.57. The van der Waals surface area contributed by atoms with Crippen LogP contribution in [0.1, 0.15) is 47.7 Å². The van der Waals surface area contributed by atoms with Crippen LogP contribution in [0.2, 0.25) is 0 Å². The average molecular weight is 433 g/mol. The zero-order valence-electron chi connectivity index (χ0n) is 18.3. The molecular formula is C23H32N2O4S. The lowest BCUT2D eigenvalue weighted by atomic mass is 10.1. The molecule has 0 aromatic heterocycles. The fourth-order valence-corrected chi connectivity index (χ4v) is 4.45. The first-order chi connectivity index (χ1) is 14.3. The van der Waals surface area contributed by atoms with Crippen LogP contribution in [0.25, 0.3) is 0 Å². The highest BCUT2D eigenvalue weighted by molar-refractivity contribution is 7.92. The first-order valence-electron chi connectivity index (χ1n) is 10.2. The second-order valence-corrected chi connectivity index (χ2v) is 9.11. The summed E-state index contributed by atoms with van der Waals surface area (Å²) in [5, 5.41) is 0. The summed E-state index contributed by atoms with van der Waals surface area (Å²) in [6, 6.07) is 12.2. The molecule has 164 valence electrons. The molecule has 30 heavy (non-hydrogen) atoms. The summed E-state index contributed by atoms with van der Waals surface area (Å²) in [6.45, 7) is 4.96. The quantitative estimate of drug-likeness (QED) is 0.539. The van der Waals surface area contributed by atoms with Crippen molar-refractivity contribution in [3.8, 4) is 0 Å². The van der Waals surface area contributed by atoms with Crippen molar-refractivity contribution >= 4 is 21.6 Å². The van der Waals surface area contributed by atoms with Gasteiger partial charge in [-0.3, -0.25) is 9.52 Å². The maximum absolute atomic E-state index is 13.0. The fourth-order valence-electron chi connectivity index (χ4n) is 3.12. The van der Waals surface area contributed by atoms with Crippen LogP contribution in [-0.4, -0.2) is 46.5 Å². The van der Waals surface area contributed by atoms with E-state index in [4.69, 9.17) is 4.74 Å². The maximum Gasteiger partial charge on any atom is 0.262 e. The van der Waals surface area contributed by atoms with Gasteiger partial charge in [0.15, 0.2) is 0 Å². The van der Waals surface area contributed by atoms with Gasteiger partial charge in [0.25, 0.3) is 15.9 Å². The van der Waals surface area contributed by atoms with Gasteiger partial charge < -0.3 is 9.64 Å². The number of carbonyl (C=O) groups is 1. The van der Waals surface area contributed by atoms with Crippen LogP contribution in [0.3, 0.4) is 0 Å². The van der Waals surface area contributed by atoms with E-state index in [-0.39, 0.29) is 10.8 Å². The fraction of sp³-hybridized carbons (Fsp3) is 0.435. The Balaban J connectivity index is 2.18. The third-order valence-electron chi connectivity index (χ3n) is 4.94. The molecule has 2 aromatic carbocycles. The molecule has 0 bridgehead atoms. The van der Waals surface area contributed by atoms with Gasteiger partial charge in [0.05, 0.1) is 4.90 Å². The number of nitrogens with one attached hydrogen (secondary N) is 1. The lowest BCUT2D eigenvalue weighted by Crippen LogP contribution is -2.28. The molecular weight excluding hydrogens is 400 g/mol. The molecule has 1 N–H and O–H groups in total. The number of aryl methyl sites for hydroxylation is 2. The molecule has 0 aliphatic carbocycles. The number of methoxy groups -OCH3 is 1. The molecule has 0 aliphatic heterocycles. The molecule has 0 unspecified atom stereocenters. The van der Waals surface area contributed by atoms with Crippen LogP contribution in [-0.2, 0) is 21.2 Å². The number of carbonyl (C=O) groups excluding carboxylic acids is 1.